The number of nitrogens with one attached hydrogen (secondary N) is 1. The standard InChI is InChI=1S/C22H27N3O2/c1-16(2)23-21(26)19-9-11-20(12-10-19)25-14-4-13-24(22(25)27)15-18-7-5-17(3)6-8-18/h5-12,16H,4,13-15H2,1-3H3,(H,23,26). The molecule has 0 spiro atoms. The first-order chi connectivity index (χ1) is 12.9. The maximum Gasteiger partial charge on any atom is 0.324 e. The molecule has 142 valence electrons. The minimum Gasteiger partial charge on any atom is -0.350 e. The Balaban J connectivity index is 1.69. The molecule has 3 amide bonds. The molecular weight excluding hydrogens is 338 g/mol. The fourth-order valence-electron chi connectivity index (χ4n) is 3.22. The molecule has 0 unspecified atom stereocenters. The molecule has 1 N–H and O–H groups in total. The number of amides is 3. The third kappa shape index (κ3) is 4.67. The van der Waals surface area contributed by atoms with Crippen LogP contribution in [-0.2, 0) is 6.54 Å². The number of carbonyl (C=O) groups is 2. The second kappa shape index (κ2) is 8.25. The summed E-state index contributed by atoms with van der Waals surface area (Å²) in [4.78, 5) is 28.7. The van der Waals surface area contributed by atoms with E-state index in [1.807, 2.05) is 30.9 Å². The Hall–Kier alpha value is -2.82. The molecule has 3 rings (SSSR count). The van der Waals surface area contributed by atoms with Gasteiger partial charge in [-0.1, -0.05) is 29.8 Å². The van der Waals surface area contributed by atoms with Crippen LogP contribution in [0.25, 0.3) is 0 Å². The van der Waals surface area contributed by atoms with E-state index in [9.17, 15) is 9.59 Å². The Morgan fingerprint density at radius 2 is 1.70 bits per heavy atom. The SMILES string of the molecule is Cc1ccc(CN2CCCN(c3ccc(C(=O)NC(C)C)cc3)C2=O)cc1. The molecular formula is C22H27N3O2. The summed E-state index contributed by atoms with van der Waals surface area (Å²) in [7, 11) is 0. The van der Waals surface area contributed by atoms with E-state index in [-0.39, 0.29) is 18.0 Å². The van der Waals surface area contributed by atoms with E-state index in [2.05, 4.69) is 36.5 Å². The Labute approximate surface area is 161 Å². The Bertz CT molecular complexity index is 797. The summed E-state index contributed by atoms with van der Waals surface area (Å²) in [5.74, 6) is -0.0949. The van der Waals surface area contributed by atoms with Crippen molar-refractivity contribution in [2.75, 3.05) is 18.0 Å². The quantitative estimate of drug-likeness (QED) is 0.872. The minimum absolute atomic E-state index is 0.0150. The van der Waals surface area contributed by atoms with Crippen LogP contribution in [0.4, 0.5) is 10.5 Å². The fourth-order valence-corrected chi connectivity index (χ4v) is 3.22. The predicted octanol–water partition coefficient (Wildman–Crippen LogP) is 3.97. The largest absolute Gasteiger partial charge is 0.350 e. The molecule has 0 aliphatic carbocycles. The zero-order valence-electron chi connectivity index (χ0n) is 16.2. The van der Waals surface area contributed by atoms with Crippen LogP contribution in [0.1, 0.15) is 41.8 Å². The van der Waals surface area contributed by atoms with E-state index in [1.165, 1.54) is 5.56 Å². The van der Waals surface area contributed by atoms with Crippen molar-refractivity contribution >= 4 is 17.6 Å². The van der Waals surface area contributed by atoms with Gasteiger partial charge in [-0.15, -0.1) is 0 Å². The Morgan fingerprint density at radius 1 is 1.04 bits per heavy atom. The highest BCUT2D eigenvalue weighted by Gasteiger charge is 2.26. The van der Waals surface area contributed by atoms with Crippen molar-refractivity contribution < 1.29 is 9.59 Å². The molecule has 1 aliphatic rings. The van der Waals surface area contributed by atoms with Gasteiger partial charge in [0.1, 0.15) is 0 Å². The minimum atomic E-state index is -0.0949. The van der Waals surface area contributed by atoms with Gasteiger partial charge in [0.2, 0.25) is 0 Å². The van der Waals surface area contributed by atoms with E-state index in [4.69, 9.17) is 0 Å². The number of carbonyl (C=O) groups excluding carboxylic acids is 2. The van der Waals surface area contributed by atoms with Gasteiger partial charge < -0.3 is 10.2 Å². The van der Waals surface area contributed by atoms with Gasteiger partial charge in [0.25, 0.3) is 5.91 Å². The van der Waals surface area contributed by atoms with E-state index >= 15 is 0 Å². The number of aryl methyl sites for hydroxylation is 1. The first-order valence-corrected chi connectivity index (χ1v) is 9.47. The number of rotatable bonds is 5. The molecule has 0 bridgehead atoms. The fraction of sp³-hybridized carbons (Fsp3) is 0.364. The normalized spacial score (nSPS) is 14.6. The molecule has 5 heteroatoms. The summed E-state index contributed by atoms with van der Waals surface area (Å²) in [6, 6.07) is 15.7. The Morgan fingerprint density at radius 3 is 2.33 bits per heavy atom. The highest BCUT2D eigenvalue weighted by atomic mass is 16.2. The van der Waals surface area contributed by atoms with Crippen molar-refractivity contribution in [2.24, 2.45) is 0 Å². The molecule has 1 aliphatic heterocycles. The number of nitrogens with zero attached hydrogens (tertiary/aromatic N) is 2. The third-order valence-corrected chi connectivity index (χ3v) is 4.67. The van der Waals surface area contributed by atoms with Gasteiger partial charge in [0.05, 0.1) is 0 Å². The van der Waals surface area contributed by atoms with Gasteiger partial charge in [-0.25, -0.2) is 4.79 Å². The molecule has 1 heterocycles. The van der Waals surface area contributed by atoms with Crippen LogP contribution in [0.5, 0.6) is 0 Å². The summed E-state index contributed by atoms with van der Waals surface area (Å²) in [6.07, 6.45) is 0.924. The van der Waals surface area contributed by atoms with E-state index in [0.29, 0.717) is 18.7 Å². The lowest BCUT2D eigenvalue weighted by Gasteiger charge is -2.35. The van der Waals surface area contributed by atoms with Crippen molar-refractivity contribution in [1.82, 2.24) is 10.2 Å². The van der Waals surface area contributed by atoms with E-state index in [0.717, 1.165) is 24.2 Å². The van der Waals surface area contributed by atoms with Crippen LogP contribution in [0.2, 0.25) is 0 Å². The maximum atomic E-state index is 12.9. The topological polar surface area (TPSA) is 52.6 Å². The lowest BCUT2D eigenvalue weighted by molar-refractivity contribution is 0.0943. The monoisotopic (exact) mass is 365 g/mol. The van der Waals surface area contributed by atoms with Crippen LogP contribution >= 0.6 is 0 Å². The number of hydrogen-bond acceptors (Lipinski definition) is 2. The first-order valence-electron chi connectivity index (χ1n) is 9.47. The number of anilines is 1. The van der Waals surface area contributed by atoms with Gasteiger partial charge in [-0.05, 0) is 57.0 Å². The molecule has 0 atom stereocenters. The molecule has 0 radical (unpaired) electrons. The second-order valence-electron chi connectivity index (χ2n) is 7.37. The number of urea groups is 1. The van der Waals surface area contributed by atoms with Crippen LogP contribution in [0, 0.1) is 6.92 Å². The second-order valence-corrected chi connectivity index (χ2v) is 7.37. The van der Waals surface area contributed by atoms with E-state index in [1.54, 1.807) is 17.0 Å². The summed E-state index contributed by atoms with van der Waals surface area (Å²) in [6.45, 7) is 7.99. The molecule has 2 aromatic carbocycles. The van der Waals surface area contributed by atoms with Crippen LogP contribution in [-0.4, -0.2) is 36.0 Å². The van der Waals surface area contributed by atoms with Crippen molar-refractivity contribution in [3.8, 4) is 0 Å². The van der Waals surface area contributed by atoms with Gasteiger partial charge in [-0.3, -0.25) is 9.69 Å². The van der Waals surface area contributed by atoms with Crippen molar-refractivity contribution in [3.05, 3.63) is 65.2 Å². The lowest BCUT2D eigenvalue weighted by Crippen LogP contribution is -2.49. The molecule has 5 nitrogen and oxygen atoms in total. The number of hydrogen-bond donors (Lipinski definition) is 1. The summed E-state index contributed by atoms with van der Waals surface area (Å²) in [5.41, 5.74) is 3.78. The van der Waals surface area contributed by atoms with Gasteiger partial charge in [-0.2, -0.15) is 0 Å². The summed E-state index contributed by atoms with van der Waals surface area (Å²) >= 11 is 0. The van der Waals surface area contributed by atoms with Crippen molar-refractivity contribution in [3.63, 3.8) is 0 Å². The molecule has 1 saturated heterocycles. The van der Waals surface area contributed by atoms with Crippen LogP contribution in [0.15, 0.2) is 48.5 Å². The summed E-state index contributed by atoms with van der Waals surface area (Å²) < 4.78 is 0. The average molecular weight is 365 g/mol. The highest BCUT2D eigenvalue weighted by molar-refractivity contribution is 5.96. The highest BCUT2D eigenvalue weighted by Crippen LogP contribution is 2.22. The molecule has 0 aromatic heterocycles. The molecule has 0 saturated carbocycles. The Kier molecular flexibility index (Phi) is 5.79. The lowest BCUT2D eigenvalue weighted by atomic mass is 10.1. The number of benzene rings is 2. The zero-order valence-corrected chi connectivity index (χ0v) is 16.2. The third-order valence-electron chi connectivity index (χ3n) is 4.67. The molecule has 27 heavy (non-hydrogen) atoms. The smallest absolute Gasteiger partial charge is 0.324 e. The predicted molar refractivity (Wildman–Crippen MR) is 108 cm³/mol. The van der Waals surface area contributed by atoms with Gasteiger partial charge >= 0.3 is 6.03 Å². The van der Waals surface area contributed by atoms with Crippen molar-refractivity contribution in [1.29, 1.82) is 0 Å². The molecule has 1 fully saturated rings. The van der Waals surface area contributed by atoms with Crippen molar-refractivity contribution in [2.45, 2.75) is 39.8 Å². The maximum absolute atomic E-state index is 12.9. The molecule has 2 aromatic rings. The van der Waals surface area contributed by atoms with Gasteiger partial charge in [0, 0.05) is 36.9 Å². The van der Waals surface area contributed by atoms with Crippen LogP contribution < -0.4 is 10.2 Å². The average Bonchev–Trinajstić information content (AvgIpc) is 2.65. The summed E-state index contributed by atoms with van der Waals surface area (Å²) in [5, 5.41) is 2.88. The van der Waals surface area contributed by atoms with Gasteiger partial charge in [0.15, 0.2) is 0 Å². The van der Waals surface area contributed by atoms with E-state index < -0.39 is 0 Å². The first kappa shape index (κ1) is 19.0. The van der Waals surface area contributed by atoms with Crippen LogP contribution in [0.3, 0.4) is 0 Å². The zero-order chi connectivity index (χ0) is 19.4.